The molecular weight excluding hydrogens is 420 g/mol. The molecule has 7 heteroatoms. The Morgan fingerprint density at radius 1 is 1.03 bits per heavy atom. The van der Waals surface area contributed by atoms with Gasteiger partial charge < -0.3 is 19.5 Å². The highest BCUT2D eigenvalue weighted by Gasteiger charge is 2.46. The standard InChI is InChI=1S/C26H24N2O5/c1-3-33-21-12-8-19(9-13-21)24(29)22-23(18-6-10-20(32-2)11-7-18)28(26(31)25(22)30)16-17-5-4-14-27-15-17/h4-15,23,29H,3,16H2,1-2H3/t23-/m1/s1. The van der Waals surface area contributed by atoms with E-state index in [4.69, 9.17) is 9.47 Å². The molecule has 33 heavy (non-hydrogen) atoms. The Morgan fingerprint density at radius 2 is 1.73 bits per heavy atom. The van der Waals surface area contributed by atoms with Crippen molar-refractivity contribution < 1.29 is 24.2 Å². The number of likely N-dealkylation sites (tertiary alicyclic amines) is 1. The van der Waals surface area contributed by atoms with Crippen molar-refractivity contribution in [3.63, 3.8) is 0 Å². The molecule has 0 bridgehead atoms. The number of aliphatic hydroxyl groups excluding tert-OH is 1. The van der Waals surface area contributed by atoms with Gasteiger partial charge >= 0.3 is 0 Å². The second kappa shape index (κ2) is 9.56. The summed E-state index contributed by atoms with van der Waals surface area (Å²) in [5.74, 6) is -0.337. The number of rotatable bonds is 7. The average molecular weight is 444 g/mol. The second-order valence-corrected chi connectivity index (χ2v) is 7.52. The Labute approximate surface area is 191 Å². The summed E-state index contributed by atoms with van der Waals surface area (Å²) in [5.41, 5.74) is 1.93. The van der Waals surface area contributed by atoms with Gasteiger partial charge in [0.25, 0.3) is 11.7 Å². The first kappa shape index (κ1) is 22.1. The van der Waals surface area contributed by atoms with Crippen LogP contribution in [0.4, 0.5) is 0 Å². The molecule has 2 heterocycles. The fourth-order valence-corrected chi connectivity index (χ4v) is 3.90. The van der Waals surface area contributed by atoms with Crippen molar-refractivity contribution in [2.75, 3.05) is 13.7 Å². The van der Waals surface area contributed by atoms with Crippen molar-refractivity contribution in [1.82, 2.24) is 9.88 Å². The number of pyridine rings is 1. The van der Waals surface area contributed by atoms with Crippen LogP contribution < -0.4 is 9.47 Å². The molecule has 1 fully saturated rings. The van der Waals surface area contributed by atoms with Gasteiger partial charge in [-0.05, 0) is 60.5 Å². The molecule has 1 saturated heterocycles. The van der Waals surface area contributed by atoms with E-state index in [0.29, 0.717) is 29.2 Å². The Bertz CT molecular complexity index is 1170. The molecule has 168 valence electrons. The van der Waals surface area contributed by atoms with E-state index in [2.05, 4.69) is 4.98 Å². The molecule has 1 aromatic heterocycles. The first-order valence-electron chi connectivity index (χ1n) is 10.6. The lowest BCUT2D eigenvalue weighted by Gasteiger charge is -2.25. The monoisotopic (exact) mass is 444 g/mol. The number of aliphatic hydroxyl groups is 1. The van der Waals surface area contributed by atoms with E-state index in [0.717, 1.165) is 5.56 Å². The molecule has 1 atom stereocenters. The van der Waals surface area contributed by atoms with Gasteiger partial charge in [-0.15, -0.1) is 0 Å². The van der Waals surface area contributed by atoms with Crippen LogP contribution in [0, 0.1) is 0 Å². The maximum absolute atomic E-state index is 13.1. The number of benzene rings is 2. The summed E-state index contributed by atoms with van der Waals surface area (Å²) in [6.07, 6.45) is 3.29. The van der Waals surface area contributed by atoms with Crippen molar-refractivity contribution in [2.24, 2.45) is 0 Å². The van der Waals surface area contributed by atoms with E-state index >= 15 is 0 Å². The van der Waals surface area contributed by atoms with Gasteiger partial charge in [0.15, 0.2) is 0 Å². The SMILES string of the molecule is CCOc1ccc(C(O)=C2C(=O)C(=O)N(Cc3cccnc3)[C@@H]2c2ccc(OC)cc2)cc1. The summed E-state index contributed by atoms with van der Waals surface area (Å²) in [4.78, 5) is 31.8. The first-order valence-corrected chi connectivity index (χ1v) is 10.6. The molecular formula is C26H24N2O5. The predicted molar refractivity (Wildman–Crippen MR) is 123 cm³/mol. The molecule has 0 radical (unpaired) electrons. The minimum Gasteiger partial charge on any atom is -0.507 e. The Balaban J connectivity index is 1.81. The number of ketones is 1. The zero-order valence-corrected chi connectivity index (χ0v) is 18.4. The predicted octanol–water partition coefficient (Wildman–Crippen LogP) is 4.11. The quantitative estimate of drug-likeness (QED) is 0.335. The van der Waals surface area contributed by atoms with E-state index in [1.165, 1.54) is 4.90 Å². The summed E-state index contributed by atoms with van der Waals surface area (Å²) in [5, 5.41) is 11.1. The Kier molecular flexibility index (Phi) is 6.40. The van der Waals surface area contributed by atoms with Gasteiger partial charge in [-0.1, -0.05) is 18.2 Å². The number of amides is 1. The van der Waals surface area contributed by atoms with E-state index in [-0.39, 0.29) is 17.9 Å². The average Bonchev–Trinajstić information content (AvgIpc) is 3.10. The molecule has 0 saturated carbocycles. The third-order valence-corrected chi connectivity index (χ3v) is 5.49. The number of Topliss-reactive ketones (excluding diaryl/α,β-unsaturated/α-hetero) is 1. The van der Waals surface area contributed by atoms with E-state index < -0.39 is 17.7 Å². The number of methoxy groups -OCH3 is 1. The van der Waals surface area contributed by atoms with Crippen LogP contribution in [0.1, 0.15) is 29.7 Å². The number of carbonyl (C=O) groups is 2. The maximum atomic E-state index is 13.1. The summed E-state index contributed by atoms with van der Waals surface area (Å²) in [7, 11) is 1.56. The first-order chi connectivity index (χ1) is 16.0. The third kappa shape index (κ3) is 4.43. The molecule has 7 nitrogen and oxygen atoms in total. The molecule has 0 spiro atoms. The van der Waals surface area contributed by atoms with Gasteiger partial charge in [0.05, 0.1) is 25.3 Å². The summed E-state index contributed by atoms with van der Waals surface area (Å²) in [6.45, 7) is 2.57. The number of carbonyl (C=O) groups excluding carboxylic acids is 2. The zero-order chi connectivity index (χ0) is 23.4. The number of ether oxygens (including phenoxy) is 2. The fraction of sp³-hybridized carbons (Fsp3) is 0.192. The van der Waals surface area contributed by atoms with Gasteiger partial charge in [-0.25, -0.2) is 0 Å². The van der Waals surface area contributed by atoms with E-state index in [1.807, 2.05) is 13.0 Å². The van der Waals surface area contributed by atoms with Crippen LogP contribution in [0.15, 0.2) is 78.6 Å². The lowest BCUT2D eigenvalue weighted by molar-refractivity contribution is -0.140. The highest BCUT2D eigenvalue weighted by atomic mass is 16.5. The number of hydrogen-bond acceptors (Lipinski definition) is 6. The lowest BCUT2D eigenvalue weighted by Crippen LogP contribution is -2.29. The number of nitrogens with zero attached hydrogens (tertiary/aromatic N) is 2. The lowest BCUT2D eigenvalue weighted by atomic mass is 9.95. The van der Waals surface area contributed by atoms with E-state index in [1.54, 1.807) is 74.1 Å². The summed E-state index contributed by atoms with van der Waals surface area (Å²) < 4.78 is 10.7. The Hall–Kier alpha value is -4.13. The van der Waals surface area contributed by atoms with Gasteiger partial charge in [0, 0.05) is 24.5 Å². The zero-order valence-electron chi connectivity index (χ0n) is 18.4. The molecule has 3 aromatic rings. The highest BCUT2D eigenvalue weighted by molar-refractivity contribution is 6.46. The topological polar surface area (TPSA) is 89.0 Å². The van der Waals surface area contributed by atoms with Crippen LogP contribution in [0.25, 0.3) is 5.76 Å². The van der Waals surface area contributed by atoms with Crippen LogP contribution in [-0.2, 0) is 16.1 Å². The van der Waals surface area contributed by atoms with Crippen LogP contribution >= 0.6 is 0 Å². The summed E-state index contributed by atoms with van der Waals surface area (Å²) in [6, 6.07) is 16.7. The van der Waals surface area contributed by atoms with Crippen LogP contribution in [0.3, 0.4) is 0 Å². The largest absolute Gasteiger partial charge is 0.507 e. The van der Waals surface area contributed by atoms with E-state index in [9.17, 15) is 14.7 Å². The molecule has 1 aliphatic rings. The third-order valence-electron chi connectivity index (χ3n) is 5.49. The second-order valence-electron chi connectivity index (χ2n) is 7.52. The molecule has 4 rings (SSSR count). The number of aromatic nitrogens is 1. The fourth-order valence-electron chi connectivity index (χ4n) is 3.90. The minimum absolute atomic E-state index is 0.0400. The van der Waals surface area contributed by atoms with Crippen molar-refractivity contribution in [3.05, 3.63) is 95.3 Å². The molecule has 2 aromatic carbocycles. The van der Waals surface area contributed by atoms with Gasteiger partial charge in [0.2, 0.25) is 0 Å². The molecule has 1 amide bonds. The van der Waals surface area contributed by atoms with Crippen LogP contribution in [0.5, 0.6) is 11.5 Å². The van der Waals surface area contributed by atoms with Crippen LogP contribution in [-0.4, -0.2) is 40.4 Å². The molecule has 0 aliphatic carbocycles. The van der Waals surface area contributed by atoms with Crippen molar-refractivity contribution in [3.8, 4) is 11.5 Å². The Morgan fingerprint density at radius 3 is 2.33 bits per heavy atom. The minimum atomic E-state index is -0.761. The summed E-state index contributed by atoms with van der Waals surface area (Å²) >= 11 is 0. The van der Waals surface area contributed by atoms with Crippen molar-refractivity contribution in [2.45, 2.75) is 19.5 Å². The smallest absolute Gasteiger partial charge is 0.295 e. The molecule has 1 N–H and O–H groups in total. The van der Waals surface area contributed by atoms with Gasteiger partial charge in [-0.3, -0.25) is 14.6 Å². The van der Waals surface area contributed by atoms with Crippen molar-refractivity contribution in [1.29, 1.82) is 0 Å². The van der Waals surface area contributed by atoms with Gasteiger partial charge in [0.1, 0.15) is 17.3 Å². The molecule has 1 aliphatic heterocycles. The van der Waals surface area contributed by atoms with Crippen molar-refractivity contribution >= 4 is 17.4 Å². The van der Waals surface area contributed by atoms with Gasteiger partial charge in [-0.2, -0.15) is 0 Å². The highest BCUT2D eigenvalue weighted by Crippen LogP contribution is 2.40. The normalized spacial score (nSPS) is 17.3. The molecule has 0 unspecified atom stereocenters. The van der Waals surface area contributed by atoms with Crippen LogP contribution in [0.2, 0.25) is 0 Å². The maximum Gasteiger partial charge on any atom is 0.295 e. The number of hydrogen-bond donors (Lipinski definition) is 1.